The molecule has 0 spiro atoms. The predicted octanol–water partition coefficient (Wildman–Crippen LogP) is 1.23. The van der Waals surface area contributed by atoms with Crippen molar-refractivity contribution in [2.75, 3.05) is 25.5 Å². The highest BCUT2D eigenvalue weighted by molar-refractivity contribution is 5.94. The first-order valence-electron chi connectivity index (χ1n) is 6.56. The summed E-state index contributed by atoms with van der Waals surface area (Å²) in [4.78, 5) is 18.0. The second kappa shape index (κ2) is 6.70. The number of rotatable bonds is 6. The molecular weight excluding hydrogens is 254 g/mol. The van der Waals surface area contributed by atoms with Gasteiger partial charge in [0.1, 0.15) is 12.2 Å². The van der Waals surface area contributed by atoms with E-state index in [1.165, 1.54) is 6.33 Å². The number of nitrogens with zero attached hydrogens (tertiary/aromatic N) is 3. The highest BCUT2D eigenvalue weighted by Gasteiger charge is 2.05. The third kappa shape index (κ3) is 3.81. The number of carbonyl (C=O) groups excluding carboxylic acids is 1. The lowest BCUT2D eigenvalue weighted by atomic mass is 10.2. The number of hydrogen-bond donors (Lipinski definition) is 2. The van der Waals surface area contributed by atoms with Crippen LogP contribution in [0.4, 0.5) is 5.69 Å². The molecule has 2 rings (SSSR count). The molecule has 1 aromatic heterocycles. The Balaban J connectivity index is 1.76. The van der Waals surface area contributed by atoms with Gasteiger partial charge in [0.15, 0.2) is 0 Å². The number of amides is 1. The standard InChI is InChI=1S/C14H19N5O/c1-19(2)12-7-5-11(6-8-12)14(20)15-9-3-4-13-16-10-17-18-13/h5-8,10H,3-4,9H2,1-2H3,(H,15,20)(H,16,17,18). The van der Waals surface area contributed by atoms with E-state index in [9.17, 15) is 4.79 Å². The van der Waals surface area contributed by atoms with Crippen molar-refractivity contribution >= 4 is 11.6 Å². The molecule has 0 aliphatic heterocycles. The molecule has 2 aromatic rings. The molecule has 0 unspecified atom stereocenters. The summed E-state index contributed by atoms with van der Waals surface area (Å²) in [7, 11) is 3.94. The topological polar surface area (TPSA) is 73.9 Å². The molecule has 0 aliphatic rings. The Kier molecular flexibility index (Phi) is 4.70. The van der Waals surface area contributed by atoms with Crippen LogP contribution in [0.15, 0.2) is 30.6 Å². The molecule has 1 aromatic carbocycles. The monoisotopic (exact) mass is 273 g/mol. The zero-order valence-corrected chi connectivity index (χ0v) is 11.8. The highest BCUT2D eigenvalue weighted by Crippen LogP contribution is 2.12. The van der Waals surface area contributed by atoms with Crippen LogP contribution in [0.3, 0.4) is 0 Å². The number of aromatic amines is 1. The number of aryl methyl sites for hydroxylation is 1. The lowest BCUT2D eigenvalue weighted by molar-refractivity contribution is 0.0953. The van der Waals surface area contributed by atoms with Gasteiger partial charge < -0.3 is 10.2 Å². The Hall–Kier alpha value is -2.37. The Labute approximate surface area is 118 Å². The summed E-state index contributed by atoms with van der Waals surface area (Å²) in [6.07, 6.45) is 3.09. The molecule has 20 heavy (non-hydrogen) atoms. The largest absolute Gasteiger partial charge is 0.378 e. The summed E-state index contributed by atoms with van der Waals surface area (Å²) in [5.41, 5.74) is 1.75. The minimum Gasteiger partial charge on any atom is -0.378 e. The number of benzene rings is 1. The van der Waals surface area contributed by atoms with Crippen molar-refractivity contribution in [3.8, 4) is 0 Å². The molecule has 0 fully saturated rings. The molecule has 0 saturated heterocycles. The summed E-state index contributed by atoms with van der Waals surface area (Å²) in [5.74, 6) is 0.794. The van der Waals surface area contributed by atoms with Crippen molar-refractivity contribution in [2.24, 2.45) is 0 Å². The lowest BCUT2D eigenvalue weighted by Crippen LogP contribution is -2.24. The van der Waals surface area contributed by atoms with Crippen molar-refractivity contribution in [2.45, 2.75) is 12.8 Å². The fourth-order valence-corrected chi connectivity index (χ4v) is 1.82. The average molecular weight is 273 g/mol. The summed E-state index contributed by atoms with van der Waals surface area (Å²) >= 11 is 0. The van der Waals surface area contributed by atoms with E-state index >= 15 is 0 Å². The Morgan fingerprint density at radius 3 is 2.65 bits per heavy atom. The Bertz CT molecular complexity index is 533. The van der Waals surface area contributed by atoms with E-state index in [-0.39, 0.29) is 5.91 Å². The van der Waals surface area contributed by atoms with Crippen molar-refractivity contribution in [3.63, 3.8) is 0 Å². The van der Waals surface area contributed by atoms with Crippen molar-refractivity contribution in [1.29, 1.82) is 0 Å². The van der Waals surface area contributed by atoms with Gasteiger partial charge in [0.2, 0.25) is 0 Å². The number of aromatic nitrogens is 3. The molecule has 1 amide bonds. The zero-order chi connectivity index (χ0) is 14.4. The molecule has 1 heterocycles. The molecule has 6 nitrogen and oxygen atoms in total. The first-order chi connectivity index (χ1) is 9.66. The smallest absolute Gasteiger partial charge is 0.251 e. The van der Waals surface area contributed by atoms with E-state index in [1.807, 2.05) is 43.3 Å². The summed E-state index contributed by atoms with van der Waals surface area (Å²) in [6.45, 7) is 0.620. The van der Waals surface area contributed by atoms with Crippen molar-refractivity contribution in [3.05, 3.63) is 42.0 Å². The second-order valence-electron chi connectivity index (χ2n) is 4.73. The van der Waals surface area contributed by atoms with Crippen LogP contribution in [0.2, 0.25) is 0 Å². The van der Waals surface area contributed by atoms with Crippen LogP contribution in [0, 0.1) is 0 Å². The van der Waals surface area contributed by atoms with E-state index in [4.69, 9.17) is 0 Å². The van der Waals surface area contributed by atoms with Gasteiger partial charge in [-0.3, -0.25) is 9.89 Å². The maximum Gasteiger partial charge on any atom is 0.251 e. The second-order valence-corrected chi connectivity index (χ2v) is 4.73. The summed E-state index contributed by atoms with van der Waals surface area (Å²) in [5, 5.41) is 9.47. The minimum absolute atomic E-state index is 0.0483. The maximum atomic E-state index is 11.9. The van der Waals surface area contributed by atoms with Gasteiger partial charge in [-0.1, -0.05) is 0 Å². The Morgan fingerprint density at radius 1 is 1.30 bits per heavy atom. The Morgan fingerprint density at radius 2 is 2.05 bits per heavy atom. The number of nitrogens with one attached hydrogen (secondary N) is 2. The molecule has 0 bridgehead atoms. The molecule has 2 N–H and O–H groups in total. The van der Waals surface area contributed by atoms with Crippen LogP contribution in [0.25, 0.3) is 0 Å². The van der Waals surface area contributed by atoms with Crippen LogP contribution in [0.1, 0.15) is 22.6 Å². The molecular formula is C14H19N5O. The first kappa shape index (κ1) is 14.0. The van der Waals surface area contributed by atoms with Crippen LogP contribution in [-0.2, 0) is 6.42 Å². The quantitative estimate of drug-likeness (QED) is 0.776. The van der Waals surface area contributed by atoms with Gasteiger partial charge in [-0.15, -0.1) is 0 Å². The van der Waals surface area contributed by atoms with Gasteiger partial charge in [-0.2, -0.15) is 5.10 Å². The van der Waals surface area contributed by atoms with Crippen molar-refractivity contribution < 1.29 is 4.79 Å². The number of anilines is 1. The minimum atomic E-state index is -0.0483. The SMILES string of the molecule is CN(C)c1ccc(C(=O)NCCCc2ncn[nH]2)cc1. The van der Waals surface area contributed by atoms with Crippen LogP contribution >= 0.6 is 0 Å². The van der Waals surface area contributed by atoms with Crippen LogP contribution in [-0.4, -0.2) is 41.7 Å². The van der Waals surface area contributed by atoms with E-state index in [0.29, 0.717) is 12.1 Å². The molecule has 106 valence electrons. The number of H-pyrrole nitrogens is 1. The van der Waals surface area contributed by atoms with Crippen molar-refractivity contribution in [1.82, 2.24) is 20.5 Å². The first-order valence-corrected chi connectivity index (χ1v) is 6.56. The normalized spacial score (nSPS) is 10.3. The number of hydrogen-bond acceptors (Lipinski definition) is 4. The van der Waals surface area contributed by atoms with Gasteiger partial charge >= 0.3 is 0 Å². The van der Waals surface area contributed by atoms with E-state index in [1.54, 1.807) is 0 Å². The molecule has 0 atom stereocenters. The third-order valence-corrected chi connectivity index (χ3v) is 2.99. The zero-order valence-electron chi connectivity index (χ0n) is 11.8. The lowest BCUT2D eigenvalue weighted by Gasteiger charge is -2.12. The van der Waals surface area contributed by atoms with E-state index < -0.39 is 0 Å². The fourth-order valence-electron chi connectivity index (χ4n) is 1.82. The summed E-state index contributed by atoms with van der Waals surface area (Å²) in [6, 6.07) is 7.54. The van der Waals surface area contributed by atoms with Gasteiger partial charge in [0.25, 0.3) is 5.91 Å². The van der Waals surface area contributed by atoms with Gasteiger partial charge in [-0.25, -0.2) is 4.98 Å². The molecule has 6 heteroatoms. The summed E-state index contributed by atoms with van der Waals surface area (Å²) < 4.78 is 0. The molecule has 0 saturated carbocycles. The molecule has 0 radical (unpaired) electrons. The highest BCUT2D eigenvalue weighted by atomic mass is 16.1. The maximum absolute atomic E-state index is 11.9. The molecule has 0 aliphatic carbocycles. The number of carbonyl (C=O) groups is 1. The van der Waals surface area contributed by atoms with Gasteiger partial charge in [-0.05, 0) is 30.7 Å². The van der Waals surface area contributed by atoms with Gasteiger partial charge in [0.05, 0.1) is 0 Å². The van der Waals surface area contributed by atoms with E-state index in [0.717, 1.165) is 24.4 Å². The van der Waals surface area contributed by atoms with E-state index in [2.05, 4.69) is 20.5 Å². The fraction of sp³-hybridized carbons (Fsp3) is 0.357. The average Bonchev–Trinajstić information content (AvgIpc) is 2.96. The van der Waals surface area contributed by atoms with Crippen LogP contribution in [0.5, 0.6) is 0 Å². The predicted molar refractivity (Wildman–Crippen MR) is 77.8 cm³/mol. The van der Waals surface area contributed by atoms with Gasteiger partial charge in [0, 0.05) is 38.3 Å². The van der Waals surface area contributed by atoms with Crippen LogP contribution < -0.4 is 10.2 Å². The third-order valence-electron chi connectivity index (χ3n) is 2.99.